The highest BCUT2D eigenvalue weighted by Crippen LogP contribution is 2.38. The number of nitrogens with one attached hydrogen (secondary N) is 1. The molecule has 0 bridgehead atoms. The minimum absolute atomic E-state index is 0.813. The van der Waals surface area contributed by atoms with Crippen molar-refractivity contribution in [2.75, 3.05) is 13.1 Å². The van der Waals surface area contributed by atoms with Crippen LogP contribution in [-0.4, -0.2) is 13.1 Å². The zero-order chi connectivity index (χ0) is 14.7. The topological polar surface area (TPSA) is 12.0 Å². The zero-order valence-corrected chi connectivity index (χ0v) is 13.6. The predicted octanol–water partition coefficient (Wildman–Crippen LogP) is 5.18. The second-order valence-electron chi connectivity index (χ2n) is 5.22. The van der Waals surface area contributed by atoms with Crippen molar-refractivity contribution in [1.29, 1.82) is 0 Å². The van der Waals surface area contributed by atoms with Crippen LogP contribution in [0.4, 0.5) is 0 Å². The third-order valence-electron chi connectivity index (χ3n) is 3.60. The molecule has 0 aromatic heterocycles. The summed E-state index contributed by atoms with van der Waals surface area (Å²) in [5, 5.41) is 4.19. The smallest absolute Gasteiger partial charge is 0.0545 e. The second kappa shape index (κ2) is 6.69. The molecule has 3 heteroatoms. The normalized spacial score (nSPS) is 14.9. The summed E-state index contributed by atoms with van der Waals surface area (Å²) in [4.78, 5) is 2.39. The van der Waals surface area contributed by atoms with Crippen molar-refractivity contribution >= 4 is 28.9 Å². The van der Waals surface area contributed by atoms with Crippen molar-refractivity contribution in [2.24, 2.45) is 0 Å². The van der Waals surface area contributed by atoms with E-state index >= 15 is 0 Å². The van der Waals surface area contributed by atoms with Gasteiger partial charge in [-0.05, 0) is 49.2 Å². The van der Waals surface area contributed by atoms with Crippen molar-refractivity contribution in [1.82, 2.24) is 5.32 Å². The summed E-state index contributed by atoms with van der Waals surface area (Å²) in [7, 11) is 0. The molecular weight excluding hydrogens is 298 g/mol. The lowest BCUT2D eigenvalue weighted by Crippen LogP contribution is -2.20. The monoisotopic (exact) mass is 315 g/mol. The Bertz CT molecular complexity index is 679. The van der Waals surface area contributed by atoms with E-state index in [0.717, 1.165) is 29.4 Å². The molecule has 1 aliphatic heterocycles. The molecule has 0 saturated carbocycles. The van der Waals surface area contributed by atoms with E-state index in [1.165, 1.54) is 21.6 Å². The lowest BCUT2D eigenvalue weighted by atomic mass is 9.99. The molecule has 2 aromatic carbocycles. The molecule has 1 aliphatic rings. The maximum atomic E-state index is 6.30. The molecule has 21 heavy (non-hydrogen) atoms. The van der Waals surface area contributed by atoms with Gasteiger partial charge in [-0.2, -0.15) is 0 Å². The molecule has 0 fully saturated rings. The lowest BCUT2D eigenvalue weighted by Gasteiger charge is -2.18. The fourth-order valence-corrected chi connectivity index (χ4v) is 3.73. The highest BCUT2D eigenvalue weighted by atomic mass is 35.5. The number of hydrogen-bond donors (Lipinski definition) is 1. The maximum Gasteiger partial charge on any atom is 0.0545 e. The van der Waals surface area contributed by atoms with Gasteiger partial charge >= 0.3 is 0 Å². The van der Waals surface area contributed by atoms with E-state index in [-0.39, 0.29) is 0 Å². The largest absolute Gasteiger partial charge is 0.313 e. The van der Waals surface area contributed by atoms with Crippen LogP contribution in [-0.2, 0) is 0 Å². The molecule has 2 aromatic rings. The van der Waals surface area contributed by atoms with Crippen LogP contribution < -0.4 is 5.32 Å². The fraction of sp³-hybridized carbons (Fsp3) is 0.222. The number of benzene rings is 2. The summed E-state index contributed by atoms with van der Waals surface area (Å²) in [6.45, 7) is 4.16. The number of rotatable bonds is 3. The standard InChI is InChI=1S/C18H18ClNS/c1-13-6-7-17(21-18-5-3-2-4-16(18)19)15(12-13)14-8-10-20-11-9-14/h2-8,12,20H,9-11H2,1H3. The van der Waals surface area contributed by atoms with Crippen LogP contribution in [0.3, 0.4) is 0 Å². The van der Waals surface area contributed by atoms with E-state index < -0.39 is 0 Å². The van der Waals surface area contributed by atoms with Gasteiger partial charge in [0, 0.05) is 16.3 Å². The van der Waals surface area contributed by atoms with E-state index in [4.69, 9.17) is 11.6 Å². The van der Waals surface area contributed by atoms with Crippen molar-refractivity contribution in [3.63, 3.8) is 0 Å². The van der Waals surface area contributed by atoms with Crippen LogP contribution in [0.2, 0.25) is 5.02 Å². The number of aryl methyl sites for hydroxylation is 1. The maximum absolute atomic E-state index is 6.30. The summed E-state index contributed by atoms with van der Waals surface area (Å²) in [6, 6.07) is 14.7. The third kappa shape index (κ3) is 3.52. The van der Waals surface area contributed by atoms with Gasteiger partial charge in [-0.25, -0.2) is 0 Å². The van der Waals surface area contributed by atoms with Crippen LogP contribution in [0.15, 0.2) is 58.3 Å². The summed E-state index contributed by atoms with van der Waals surface area (Å²) in [5.41, 5.74) is 4.08. The summed E-state index contributed by atoms with van der Waals surface area (Å²) in [6.07, 6.45) is 3.38. The fourth-order valence-electron chi connectivity index (χ4n) is 2.50. The van der Waals surface area contributed by atoms with Crippen LogP contribution in [0.1, 0.15) is 17.5 Å². The molecule has 0 spiro atoms. The van der Waals surface area contributed by atoms with Crippen molar-refractivity contribution in [3.05, 3.63) is 64.7 Å². The molecular formula is C18H18ClNS. The quantitative estimate of drug-likeness (QED) is 0.838. The van der Waals surface area contributed by atoms with Gasteiger partial charge in [0.2, 0.25) is 0 Å². The molecule has 0 atom stereocenters. The number of hydrogen-bond acceptors (Lipinski definition) is 2. The Labute approximate surface area is 135 Å². The first-order valence-corrected chi connectivity index (χ1v) is 8.36. The van der Waals surface area contributed by atoms with Gasteiger partial charge in [0.15, 0.2) is 0 Å². The minimum atomic E-state index is 0.813. The molecule has 1 nitrogen and oxygen atoms in total. The van der Waals surface area contributed by atoms with Gasteiger partial charge in [-0.3, -0.25) is 0 Å². The van der Waals surface area contributed by atoms with Crippen LogP contribution in [0.5, 0.6) is 0 Å². The predicted molar refractivity (Wildman–Crippen MR) is 92.2 cm³/mol. The van der Waals surface area contributed by atoms with Crippen LogP contribution >= 0.6 is 23.4 Å². The Morgan fingerprint density at radius 3 is 2.71 bits per heavy atom. The lowest BCUT2D eigenvalue weighted by molar-refractivity contribution is 0.737. The van der Waals surface area contributed by atoms with E-state index in [9.17, 15) is 0 Å². The average Bonchev–Trinajstić information content (AvgIpc) is 2.52. The van der Waals surface area contributed by atoms with E-state index in [1.807, 2.05) is 18.2 Å². The Morgan fingerprint density at radius 1 is 1.10 bits per heavy atom. The summed E-state index contributed by atoms with van der Waals surface area (Å²) < 4.78 is 0. The van der Waals surface area contributed by atoms with Gasteiger partial charge in [0.1, 0.15) is 0 Å². The summed E-state index contributed by atoms with van der Waals surface area (Å²) >= 11 is 8.05. The molecule has 0 saturated heterocycles. The van der Waals surface area contributed by atoms with Gasteiger partial charge in [-0.1, -0.05) is 59.3 Å². The Kier molecular flexibility index (Phi) is 4.69. The molecule has 1 N–H and O–H groups in total. The van der Waals surface area contributed by atoms with E-state index in [2.05, 4.69) is 42.6 Å². The molecule has 0 amide bonds. The molecule has 1 heterocycles. The van der Waals surface area contributed by atoms with E-state index in [0.29, 0.717) is 0 Å². The van der Waals surface area contributed by atoms with Gasteiger partial charge < -0.3 is 5.32 Å². The zero-order valence-electron chi connectivity index (χ0n) is 12.0. The third-order valence-corrected chi connectivity index (χ3v) is 5.19. The van der Waals surface area contributed by atoms with Crippen LogP contribution in [0.25, 0.3) is 5.57 Å². The SMILES string of the molecule is Cc1ccc(Sc2ccccc2Cl)c(C2=CCNCC2)c1. The molecule has 108 valence electrons. The Hall–Kier alpha value is -1.22. The number of halogens is 1. The first-order chi connectivity index (χ1) is 10.2. The van der Waals surface area contributed by atoms with Gasteiger partial charge in [0.05, 0.1) is 5.02 Å². The Morgan fingerprint density at radius 2 is 1.95 bits per heavy atom. The molecule has 0 aliphatic carbocycles. The molecule has 0 radical (unpaired) electrons. The van der Waals surface area contributed by atoms with Crippen molar-refractivity contribution in [3.8, 4) is 0 Å². The van der Waals surface area contributed by atoms with Crippen molar-refractivity contribution < 1.29 is 0 Å². The highest BCUT2D eigenvalue weighted by Gasteiger charge is 2.12. The van der Waals surface area contributed by atoms with Gasteiger partial charge in [0.25, 0.3) is 0 Å². The molecule has 3 rings (SSSR count). The van der Waals surface area contributed by atoms with Gasteiger partial charge in [-0.15, -0.1) is 0 Å². The van der Waals surface area contributed by atoms with Crippen LogP contribution in [0, 0.1) is 6.92 Å². The highest BCUT2D eigenvalue weighted by molar-refractivity contribution is 7.99. The first-order valence-electron chi connectivity index (χ1n) is 7.17. The first kappa shape index (κ1) is 14.7. The summed E-state index contributed by atoms with van der Waals surface area (Å²) in [5.74, 6) is 0. The minimum Gasteiger partial charge on any atom is -0.313 e. The molecule has 0 unspecified atom stereocenters. The second-order valence-corrected chi connectivity index (χ2v) is 6.71. The van der Waals surface area contributed by atoms with Crippen molar-refractivity contribution in [2.45, 2.75) is 23.1 Å². The average molecular weight is 316 g/mol. The Balaban J connectivity index is 1.98. The van der Waals surface area contributed by atoms with E-state index in [1.54, 1.807) is 11.8 Å².